The zero-order valence-corrected chi connectivity index (χ0v) is 10.1. The monoisotopic (exact) mass is 235 g/mol. The molecule has 5 heteroatoms. The van der Waals surface area contributed by atoms with Gasteiger partial charge in [-0.15, -0.1) is 6.58 Å². The summed E-state index contributed by atoms with van der Waals surface area (Å²) in [5, 5.41) is 0. The van der Waals surface area contributed by atoms with Gasteiger partial charge in [-0.2, -0.15) is 0 Å². The van der Waals surface area contributed by atoms with Crippen LogP contribution in [0.25, 0.3) is 0 Å². The Morgan fingerprint density at radius 2 is 2.20 bits per heavy atom. The number of hydrogen-bond donors (Lipinski definition) is 0. The molecule has 0 aromatic carbocycles. The van der Waals surface area contributed by atoms with Crippen LogP contribution < -0.4 is 0 Å². The Kier molecular flexibility index (Phi) is 8.89. The molecule has 15 heavy (non-hydrogen) atoms. The van der Waals surface area contributed by atoms with Crippen LogP contribution in [0.1, 0.15) is 26.7 Å². The third-order valence-electron chi connectivity index (χ3n) is 1.92. The second-order valence-corrected chi connectivity index (χ2v) is 4.20. The van der Waals surface area contributed by atoms with Crippen LogP contribution in [0.2, 0.25) is 0 Å². The van der Waals surface area contributed by atoms with E-state index in [1.807, 2.05) is 6.08 Å². The van der Waals surface area contributed by atoms with E-state index in [0.717, 1.165) is 12.8 Å². The van der Waals surface area contributed by atoms with Gasteiger partial charge in [0.05, 0.1) is 24.1 Å². The first-order valence-electron chi connectivity index (χ1n) is 5.01. The van der Waals surface area contributed by atoms with E-state index in [-0.39, 0.29) is 0 Å². The minimum atomic E-state index is -2.46. The Bertz CT molecular complexity index is 196. The van der Waals surface area contributed by atoms with Crippen molar-refractivity contribution < 1.29 is 17.7 Å². The molecular weight excluding hydrogens is 216 g/mol. The summed E-state index contributed by atoms with van der Waals surface area (Å²) in [4.78, 5) is 0. The Labute approximate surface area is 94.1 Å². The molecular formula is C10H19O4S-. The molecule has 0 rings (SSSR count). The minimum Gasteiger partial charge on any atom is -0.750 e. The first-order valence-corrected chi connectivity index (χ1v) is 6.01. The second-order valence-electron chi connectivity index (χ2n) is 3.60. The summed E-state index contributed by atoms with van der Waals surface area (Å²) in [6.45, 7) is 8.36. The van der Waals surface area contributed by atoms with Crippen molar-refractivity contribution in [3.8, 4) is 0 Å². The van der Waals surface area contributed by atoms with Crippen molar-refractivity contribution in [2.45, 2.75) is 32.8 Å². The quantitative estimate of drug-likeness (QED) is 0.347. The molecule has 4 nitrogen and oxygen atoms in total. The molecule has 0 aliphatic carbocycles. The highest BCUT2D eigenvalue weighted by Gasteiger charge is 2.04. The standard InChI is InChI=1S/C10H20O4S/c1-4-5-9(2)6-7-13-8-10(3)14-15(11)12/h4,9-10H,1,5-8H2,2-3H3,(H,11,12)/p-1. The van der Waals surface area contributed by atoms with E-state index in [0.29, 0.717) is 19.1 Å². The SMILES string of the molecule is C=CCC(C)CCOCC(C)OS(=O)[O-]. The third kappa shape index (κ3) is 10.1. The molecule has 0 aliphatic heterocycles. The molecule has 0 spiro atoms. The third-order valence-corrected chi connectivity index (χ3v) is 2.41. The molecule has 0 aromatic rings. The minimum absolute atomic E-state index is 0.300. The van der Waals surface area contributed by atoms with E-state index in [1.54, 1.807) is 6.92 Å². The van der Waals surface area contributed by atoms with Gasteiger partial charge in [-0.1, -0.05) is 13.0 Å². The van der Waals surface area contributed by atoms with Gasteiger partial charge in [0, 0.05) is 6.61 Å². The first-order chi connectivity index (χ1) is 7.06. The van der Waals surface area contributed by atoms with E-state index < -0.39 is 17.5 Å². The maximum atomic E-state index is 10.1. The molecule has 0 N–H and O–H groups in total. The van der Waals surface area contributed by atoms with E-state index in [1.165, 1.54) is 0 Å². The molecule has 0 aromatic heterocycles. The number of ether oxygens (including phenoxy) is 1. The van der Waals surface area contributed by atoms with Crippen molar-refractivity contribution >= 4 is 11.4 Å². The molecule has 3 atom stereocenters. The zero-order valence-electron chi connectivity index (χ0n) is 9.31. The fourth-order valence-corrected chi connectivity index (χ4v) is 1.42. The van der Waals surface area contributed by atoms with Gasteiger partial charge in [-0.25, -0.2) is 4.21 Å². The lowest BCUT2D eigenvalue weighted by Gasteiger charge is -2.15. The van der Waals surface area contributed by atoms with Crippen molar-refractivity contribution in [3.05, 3.63) is 12.7 Å². The fourth-order valence-electron chi connectivity index (χ4n) is 1.10. The van der Waals surface area contributed by atoms with Crippen molar-refractivity contribution in [3.63, 3.8) is 0 Å². The van der Waals surface area contributed by atoms with E-state index >= 15 is 0 Å². The highest BCUT2D eigenvalue weighted by Crippen LogP contribution is 2.07. The predicted molar refractivity (Wildman–Crippen MR) is 58.9 cm³/mol. The molecule has 0 amide bonds. The maximum Gasteiger partial charge on any atom is 0.0942 e. The molecule has 90 valence electrons. The van der Waals surface area contributed by atoms with Crippen LogP contribution in [-0.2, 0) is 20.3 Å². The predicted octanol–water partition coefficient (Wildman–Crippen LogP) is 1.80. The van der Waals surface area contributed by atoms with Crippen LogP contribution in [0.4, 0.5) is 0 Å². The first kappa shape index (κ1) is 14.8. The normalized spacial score (nSPS) is 17.0. The van der Waals surface area contributed by atoms with E-state index in [4.69, 9.17) is 4.74 Å². The maximum absolute atomic E-state index is 10.1. The van der Waals surface area contributed by atoms with E-state index in [2.05, 4.69) is 17.7 Å². The average Bonchev–Trinajstić information content (AvgIpc) is 2.12. The number of allylic oxidation sites excluding steroid dienone is 1. The van der Waals surface area contributed by atoms with Crippen LogP contribution in [0.3, 0.4) is 0 Å². The largest absolute Gasteiger partial charge is 0.750 e. The highest BCUT2D eigenvalue weighted by atomic mass is 32.2. The van der Waals surface area contributed by atoms with Crippen molar-refractivity contribution in [1.82, 2.24) is 0 Å². The fraction of sp³-hybridized carbons (Fsp3) is 0.800. The second kappa shape index (κ2) is 9.03. The number of rotatable bonds is 9. The molecule has 0 bridgehead atoms. The average molecular weight is 235 g/mol. The van der Waals surface area contributed by atoms with Gasteiger partial charge in [-0.3, -0.25) is 4.18 Å². The summed E-state index contributed by atoms with van der Waals surface area (Å²) < 4.78 is 30.1. The van der Waals surface area contributed by atoms with Crippen LogP contribution in [0, 0.1) is 5.92 Å². The summed E-state index contributed by atoms with van der Waals surface area (Å²) in [7, 11) is 0. The molecule has 3 unspecified atom stereocenters. The van der Waals surface area contributed by atoms with Gasteiger partial charge in [0.25, 0.3) is 0 Å². The van der Waals surface area contributed by atoms with Crippen LogP contribution in [0.5, 0.6) is 0 Å². The molecule has 0 aliphatic rings. The van der Waals surface area contributed by atoms with Crippen molar-refractivity contribution in [1.29, 1.82) is 0 Å². The topological polar surface area (TPSA) is 58.6 Å². The lowest BCUT2D eigenvalue weighted by molar-refractivity contribution is 0.0543. The zero-order chi connectivity index (χ0) is 11.7. The summed E-state index contributed by atoms with van der Waals surface area (Å²) in [6, 6.07) is 0. The molecule has 0 saturated carbocycles. The summed E-state index contributed by atoms with van der Waals surface area (Å²) in [6.07, 6.45) is 3.38. The van der Waals surface area contributed by atoms with Gasteiger partial charge >= 0.3 is 0 Å². The van der Waals surface area contributed by atoms with Gasteiger partial charge in [-0.05, 0) is 25.7 Å². The summed E-state index contributed by atoms with van der Waals surface area (Å²) in [5.74, 6) is 0.548. The summed E-state index contributed by atoms with van der Waals surface area (Å²) in [5.41, 5.74) is 0. The molecule has 0 fully saturated rings. The Balaban J connectivity index is 3.37. The molecule has 0 heterocycles. The molecule has 0 saturated heterocycles. The number of hydrogen-bond acceptors (Lipinski definition) is 4. The van der Waals surface area contributed by atoms with Crippen LogP contribution >= 0.6 is 0 Å². The van der Waals surface area contributed by atoms with E-state index in [9.17, 15) is 8.76 Å². The van der Waals surface area contributed by atoms with Gasteiger partial charge < -0.3 is 9.29 Å². The van der Waals surface area contributed by atoms with Crippen molar-refractivity contribution in [2.75, 3.05) is 13.2 Å². The van der Waals surface area contributed by atoms with Crippen LogP contribution in [0.15, 0.2) is 12.7 Å². The molecule has 0 radical (unpaired) electrons. The van der Waals surface area contributed by atoms with Gasteiger partial charge in [0.15, 0.2) is 0 Å². The Hall–Kier alpha value is -0.230. The highest BCUT2D eigenvalue weighted by molar-refractivity contribution is 7.74. The van der Waals surface area contributed by atoms with Gasteiger partial charge in [0.2, 0.25) is 0 Å². The lowest BCUT2D eigenvalue weighted by atomic mass is 10.1. The Morgan fingerprint density at radius 1 is 1.53 bits per heavy atom. The lowest BCUT2D eigenvalue weighted by Crippen LogP contribution is -2.18. The van der Waals surface area contributed by atoms with Gasteiger partial charge in [0.1, 0.15) is 0 Å². The Morgan fingerprint density at radius 3 is 2.73 bits per heavy atom. The summed E-state index contributed by atoms with van der Waals surface area (Å²) >= 11 is -2.46. The smallest absolute Gasteiger partial charge is 0.0942 e. The van der Waals surface area contributed by atoms with Crippen molar-refractivity contribution in [2.24, 2.45) is 5.92 Å². The van der Waals surface area contributed by atoms with Crippen LogP contribution in [-0.4, -0.2) is 28.1 Å².